The Morgan fingerprint density at radius 1 is 1.21 bits per heavy atom. The van der Waals surface area contributed by atoms with E-state index in [1.54, 1.807) is 6.07 Å². The first-order valence-corrected chi connectivity index (χ1v) is 13.4. The van der Waals surface area contributed by atoms with E-state index in [9.17, 15) is 14.0 Å². The van der Waals surface area contributed by atoms with Crippen molar-refractivity contribution >= 4 is 29.3 Å². The van der Waals surface area contributed by atoms with E-state index in [0.29, 0.717) is 18.8 Å². The molecule has 1 aromatic rings. The van der Waals surface area contributed by atoms with Gasteiger partial charge in [0.25, 0.3) is 0 Å². The minimum Gasteiger partial charge on any atom is -0.381 e. The van der Waals surface area contributed by atoms with E-state index in [1.165, 1.54) is 17.8 Å². The summed E-state index contributed by atoms with van der Waals surface area (Å²) in [5.74, 6) is -0.258. The van der Waals surface area contributed by atoms with Gasteiger partial charge in [0.05, 0.1) is 10.9 Å². The van der Waals surface area contributed by atoms with Gasteiger partial charge in [-0.2, -0.15) is 0 Å². The van der Waals surface area contributed by atoms with Crippen molar-refractivity contribution in [2.24, 2.45) is 5.41 Å². The molecule has 0 radical (unpaired) electrons. The summed E-state index contributed by atoms with van der Waals surface area (Å²) < 4.78 is 14.9. The number of thioether (sulfide) groups is 1. The zero-order valence-corrected chi connectivity index (χ0v) is 22.2. The number of hydrogen-bond donors (Lipinski definition) is 1. The Bertz CT molecular complexity index is 852. The fourth-order valence-electron chi connectivity index (χ4n) is 4.42. The number of nitrogens with zero attached hydrogens (tertiary/aromatic N) is 3. The third kappa shape index (κ3) is 7.11. The van der Waals surface area contributed by atoms with E-state index in [1.807, 2.05) is 34.9 Å². The molecule has 2 aliphatic heterocycles. The van der Waals surface area contributed by atoms with Crippen LogP contribution in [0, 0.1) is 11.2 Å². The number of anilines is 1. The number of benzene rings is 1. The Morgan fingerprint density at radius 3 is 2.56 bits per heavy atom. The molecule has 1 aromatic carbocycles. The molecular formula is C26H41FN4O2S. The number of likely N-dealkylation sites (N-methyl/N-ethyl adjacent to an activating group) is 1. The van der Waals surface area contributed by atoms with E-state index >= 15 is 0 Å². The van der Waals surface area contributed by atoms with Gasteiger partial charge in [0.1, 0.15) is 11.2 Å². The molecule has 0 spiro atoms. The normalized spacial score (nSPS) is 21.4. The molecule has 2 aliphatic rings. The molecule has 1 N–H and O–H groups in total. The number of hydrogen-bond acceptors (Lipinski definition) is 5. The Kier molecular flexibility index (Phi) is 9.27. The summed E-state index contributed by atoms with van der Waals surface area (Å²) in [6.07, 6.45) is 4.27. The van der Waals surface area contributed by atoms with Crippen LogP contribution < -0.4 is 5.32 Å². The van der Waals surface area contributed by atoms with Gasteiger partial charge < -0.3 is 20.0 Å². The van der Waals surface area contributed by atoms with Crippen molar-refractivity contribution in [1.29, 1.82) is 0 Å². The molecule has 0 aliphatic carbocycles. The molecule has 2 fully saturated rings. The average molecular weight is 493 g/mol. The van der Waals surface area contributed by atoms with Gasteiger partial charge in [0, 0.05) is 44.7 Å². The summed E-state index contributed by atoms with van der Waals surface area (Å²) in [5.41, 5.74) is 1.30. The molecule has 2 atom stereocenters. The van der Waals surface area contributed by atoms with Crippen LogP contribution in [0.5, 0.6) is 0 Å². The van der Waals surface area contributed by atoms with Gasteiger partial charge in [-0.3, -0.25) is 9.59 Å². The summed E-state index contributed by atoms with van der Waals surface area (Å²) in [4.78, 5) is 32.3. The van der Waals surface area contributed by atoms with Crippen LogP contribution in [0.4, 0.5) is 10.1 Å². The number of likely N-dealkylation sites (tertiary alicyclic amines) is 1. The van der Waals surface area contributed by atoms with Crippen LogP contribution in [0.2, 0.25) is 0 Å². The molecule has 2 saturated heterocycles. The van der Waals surface area contributed by atoms with Crippen molar-refractivity contribution < 1.29 is 14.0 Å². The van der Waals surface area contributed by atoms with Gasteiger partial charge in [-0.1, -0.05) is 32.9 Å². The van der Waals surface area contributed by atoms with Crippen molar-refractivity contribution in [2.75, 3.05) is 52.1 Å². The molecule has 2 heterocycles. The summed E-state index contributed by atoms with van der Waals surface area (Å²) in [6, 6.07) is 5.08. The van der Waals surface area contributed by atoms with Crippen LogP contribution in [0.25, 0.3) is 0 Å². The van der Waals surface area contributed by atoms with E-state index in [2.05, 4.69) is 26.1 Å². The molecule has 34 heavy (non-hydrogen) atoms. The zero-order valence-electron chi connectivity index (χ0n) is 21.4. The SMILES string of the molecule is CN(C)CCNc1c(F)cccc1C1S[C@@H](CC(=O)N2CCCCC2)C(=O)N1CCC(C)(C)C. The van der Waals surface area contributed by atoms with E-state index in [-0.39, 0.29) is 34.8 Å². The average Bonchev–Trinajstić information content (AvgIpc) is 3.08. The second-order valence-corrected chi connectivity index (χ2v) is 12.2. The van der Waals surface area contributed by atoms with Gasteiger partial charge in [0.15, 0.2) is 0 Å². The maximum absolute atomic E-state index is 14.9. The van der Waals surface area contributed by atoms with Crippen molar-refractivity contribution in [1.82, 2.24) is 14.7 Å². The summed E-state index contributed by atoms with van der Waals surface area (Å²) in [6.45, 7) is 9.99. The largest absolute Gasteiger partial charge is 0.381 e. The summed E-state index contributed by atoms with van der Waals surface area (Å²) >= 11 is 1.50. The number of para-hydroxylation sites is 1. The highest BCUT2D eigenvalue weighted by atomic mass is 32.2. The van der Waals surface area contributed by atoms with Crippen molar-refractivity contribution in [2.45, 2.75) is 63.5 Å². The number of carbonyl (C=O) groups is 2. The smallest absolute Gasteiger partial charge is 0.237 e. The Labute approximate surface area is 208 Å². The summed E-state index contributed by atoms with van der Waals surface area (Å²) in [7, 11) is 3.96. The van der Waals surface area contributed by atoms with Gasteiger partial charge >= 0.3 is 0 Å². The Balaban J connectivity index is 1.83. The molecule has 3 rings (SSSR count). The monoisotopic (exact) mass is 492 g/mol. The van der Waals surface area contributed by atoms with Crippen molar-refractivity contribution in [3.8, 4) is 0 Å². The lowest BCUT2D eigenvalue weighted by molar-refractivity contribution is -0.136. The highest BCUT2D eigenvalue weighted by Crippen LogP contribution is 2.47. The van der Waals surface area contributed by atoms with Gasteiger partial charge in [-0.15, -0.1) is 11.8 Å². The van der Waals surface area contributed by atoms with Gasteiger partial charge in [-0.25, -0.2) is 4.39 Å². The molecule has 8 heteroatoms. The van der Waals surface area contributed by atoms with Crippen LogP contribution in [-0.4, -0.2) is 78.6 Å². The summed E-state index contributed by atoms with van der Waals surface area (Å²) in [5, 5.41) is 2.52. The molecule has 0 saturated carbocycles. The van der Waals surface area contributed by atoms with Crippen LogP contribution in [-0.2, 0) is 9.59 Å². The minimum absolute atomic E-state index is 0.00638. The molecule has 2 amide bonds. The first-order chi connectivity index (χ1) is 16.1. The first kappa shape index (κ1) is 26.8. The van der Waals surface area contributed by atoms with Gasteiger partial charge in [0.2, 0.25) is 11.8 Å². The molecule has 6 nitrogen and oxygen atoms in total. The lowest BCUT2D eigenvalue weighted by Gasteiger charge is -2.29. The first-order valence-electron chi connectivity index (χ1n) is 12.5. The van der Waals surface area contributed by atoms with Crippen LogP contribution >= 0.6 is 11.8 Å². The standard InChI is InChI=1S/C26H41FN4O2S/c1-26(2,3)12-16-31-24(33)21(18-22(32)30-14-7-6-8-15-30)34-25(31)19-10-9-11-20(27)23(19)28-13-17-29(4)5/h9-11,21,25,28H,6-8,12-18H2,1-5H3/t21-,25?/m0/s1. The highest BCUT2D eigenvalue weighted by Gasteiger charge is 2.43. The van der Waals surface area contributed by atoms with Crippen molar-refractivity contribution in [3.05, 3.63) is 29.6 Å². The maximum Gasteiger partial charge on any atom is 0.237 e. The molecular weight excluding hydrogens is 451 g/mol. The number of halogens is 1. The fraction of sp³-hybridized carbons (Fsp3) is 0.692. The quantitative estimate of drug-likeness (QED) is 0.547. The molecule has 1 unspecified atom stereocenters. The number of piperidine rings is 1. The third-order valence-corrected chi connectivity index (χ3v) is 7.94. The van der Waals surface area contributed by atoms with Crippen LogP contribution in [0.1, 0.15) is 63.8 Å². The van der Waals surface area contributed by atoms with Crippen molar-refractivity contribution in [3.63, 3.8) is 0 Å². The maximum atomic E-state index is 14.9. The highest BCUT2D eigenvalue weighted by molar-refractivity contribution is 8.01. The van der Waals surface area contributed by atoms with Crippen LogP contribution in [0.15, 0.2) is 18.2 Å². The number of nitrogens with one attached hydrogen (secondary N) is 1. The lowest BCUT2D eigenvalue weighted by atomic mass is 9.92. The predicted octanol–water partition coefficient (Wildman–Crippen LogP) is 4.58. The number of amides is 2. The number of rotatable bonds is 9. The Hall–Kier alpha value is -1.80. The van der Waals surface area contributed by atoms with E-state index < -0.39 is 5.25 Å². The van der Waals surface area contributed by atoms with Gasteiger partial charge in [-0.05, 0) is 51.3 Å². The second-order valence-electron chi connectivity index (χ2n) is 10.9. The third-order valence-electron chi connectivity index (χ3n) is 6.48. The fourth-order valence-corrected chi connectivity index (χ4v) is 5.92. The predicted molar refractivity (Wildman–Crippen MR) is 138 cm³/mol. The lowest BCUT2D eigenvalue weighted by Crippen LogP contribution is -2.39. The number of carbonyl (C=O) groups excluding carboxylic acids is 2. The second kappa shape index (κ2) is 11.8. The Morgan fingerprint density at radius 2 is 1.91 bits per heavy atom. The topological polar surface area (TPSA) is 55.9 Å². The minimum atomic E-state index is -0.433. The molecule has 0 bridgehead atoms. The van der Waals surface area contributed by atoms with E-state index in [4.69, 9.17) is 0 Å². The zero-order chi connectivity index (χ0) is 24.9. The molecule has 190 valence electrons. The molecule has 0 aromatic heterocycles. The van der Waals surface area contributed by atoms with Crippen LogP contribution in [0.3, 0.4) is 0 Å². The van der Waals surface area contributed by atoms with E-state index in [0.717, 1.165) is 50.9 Å².